The minimum absolute atomic E-state index is 0.130. The third-order valence-corrected chi connectivity index (χ3v) is 1.89. The highest BCUT2D eigenvalue weighted by atomic mass is 32.1. The molecular formula is C6H10N4OS. The number of likely N-dealkylation sites (N-methyl/N-ethyl adjacent to an activating group) is 1. The van der Waals surface area contributed by atoms with Crippen LogP contribution in [0.15, 0.2) is 5.38 Å². The summed E-state index contributed by atoms with van der Waals surface area (Å²) in [5.74, 6) is -0.130. The molecule has 2 N–H and O–H groups in total. The predicted molar refractivity (Wildman–Crippen MR) is 45.9 cm³/mol. The van der Waals surface area contributed by atoms with Crippen LogP contribution in [0.5, 0.6) is 0 Å². The van der Waals surface area contributed by atoms with Crippen molar-refractivity contribution in [3.05, 3.63) is 11.1 Å². The van der Waals surface area contributed by atoms with E-state index in [2.05, 4.69) is 9.59 Å². The summed E-state index contributed by atoms with van der Waals surface area (Å²) in [6.45, 7) is 0.996. The summed E-state index contributed by atoms with van der Waals surface area (Å²) >= 11 is 1.16. The van der Waals surface area contributed by atoms with Gasteiger partial charge < -0.3 is 10.6 Å². The zero-order valence-electron chi connectivity index (χ0n) is 6.73. The lowest BCUT2D eigenvalue weighted by Gasteiger charge is -2.13. The van der Waals surface area contributed by atoms with Crippen LogP contribution in [0.1, 0.15) is 10.5 Å². The average molecular weight is 186 g/mol. The maximum Gasteiger partial charge on any atom is 0.275 e. The molecule has 0 fully saturated rings. The first-order chi connectivity index (χ1) is 5.75. The highest BCUT2D eigenvalue weighted by Crippen LogP contribution is 2.00. The second-order valence-corrected chi connectivity index (χ2v) is 2.92. The van der Waals surface area contributed by atoms with Gasteiger partial charge in [-0.2, -0.15) is 0 Å². The Balaban J connectivity index is 2.59. The number of amides is 1. The van der Waals surface area contributed by atoms with Gasteiger partial charge in [-0.05, 0) is 11.5 Å². The zero-order chi connectivity index (χ0) is 8.97. The minimum Gasteiger partial charge on any atom is -0.339 e. The van der Waals surface area contributed by atoms with Gasteiger partial charge in [0, 0.05) is 25.5 Å². The fourth-order valence-corrected chi connectivity index (χ4v) is 1.18. The molecule has 1 aromatic rings. The first kappa shape index (κ1) is 9.08. The summed E-state index contributed by atoms with van der Waals surface area (Å²) in [7, 11) is 1.69. The van der Waals surface area contributed by atoms with Crippen molar-refractivity contribution in [2.24, 2.45) is 5.73 Å². The molecule has 1 heterocycles. The van der Waals surface area contributed by atoms with E-state index in [0.717, 1.165) is 11.5 Å². The van der Waals surface area contributed by atoms with E-state index in [4.69, 9.17) is 5.73 Å². The lowest BCUT2D eigenvalue weighted by molar-refractivity contribution is 0.0793. The van der Waals surface area contributed by atoms with Crippen molar-refractivity contribution in [3.8, 4) is 0 Å². The van der Waals surface area contributed by atoms with E-state index in [-0.39, 0.29) is 5.91 Å². The number of rotatable bonds is 3. The van der Waals surface area contributed by atoms with Crippen LogP contribution < -0.4 is 5.73 Å². The molecule has 5 nitrogen and oxygen atoms in total. The highest BCUT2D eigenvalue weighted by molar-refractivity contribution is 7.03. The molecule has 0 atom stereocenters. The number of hydrogen-bond donors (Lipinski definition) is 1. The Kier molecular flexibility index (Phi) is 3.12. The summed E-state index contributed by atoms with van der Waals surface area (Å²) in [5.41, 5.74) is 5.68. The number of aromatic nitrogens is 2. The van der Waals surface area contributed by atoms with Gasteiger partial charge in [0.15, 0.2) is 5.69 Å². The molecule has 0 saturated heterocycles. The average Bonchev–Trinajstić information content (AvgIpc) is 2.55. The summed E-state index contributed by atoms with van der Waals surface area (Å²) in [4.78, 5) is 12.9. The molecule has 1 amide bonds. The Labute approximate surface area is 74.3 Å². The van der Waals surface area contributed by atoms with Gasteiger partial charge in [-0.15, -0.1) is 5.10 Å². The largest absolute Gasteiger partial charge is 0.339 e. The smallest absolute Gasteiger partial charge is 0.275 e. The van der Waals surface area contributed by atoms with Crippen molar-refractivity contribution in [2.45, 2.75) is 0 Å². The van der Waals surface area contributed by atoms with Crippen molar-refractivity contribution >= 4 is 17.4 Å². The van der Waals surface area contributed by atoms with E-state index in [1.165, 1.54) is 4.90 Å². The molecule has 0 aromatic carbocycles. The predicted octanol–water partition coefficient (Wildman–Crippen LogP) is -0.431. The molecule has 0 unspecified atom stereocenters. The maximum absolute atomic E-state index is 11.4. The van der Waals surface area contributed by atoms with E-state index in [1.54, 1.807) is 12.4 Å². The molecule has 0 spiro atoms. The van der Waals surface area contributed by atoms with Crippen LogP contribution in [-0.2, 0) is 0 Å². The van der Waals surface area contributed by atoms with Gasteiger partial charge in [0.2, 0.25) is 0 Å². The van der Waals surface area contributed by atoms with Crippen LogP contribution >= 0.6 is 11.5 Å². The Morgan fingerprint density at radius 2 is 2.58 bits per heavy atom. The van der Waals surface area contributed by atoms with Crippen molar-refractivity contribution in [1.29, 1.82) is 0 Å². The van der Waals surface area contributed by atoms with Gasteiger partial charge in [-0.3, -0.25) is 4.79 Å². The van der Waals surface area contributed by atoms with Gasteiger partial charge in [0.05, 0.1) is 0 Å². The van der Waals surface area contributed by atoms with Crippen molar-refractivity contribution in [2.75, 3.05) is 20.1 Å². The minimum atomic E-state index is -0.130. The van der Waals surface area contributed by atoms with Crippen molar-refractivity contribution in [1.82, 2.24) is 14.5 Å². The quantitative estimate of drug-likeness (QED) is 0.695. The van der Waals surface area contributed by atoms with E-state index in [9.17, 15) is 4.79 Å². The van der Waals surface area contributed by atoms with Gasteiger partial charge in [-0.25, -0.2) is 0 Å². The second kappa shape index (κ2) is 4.13. The lowest BCUT2D eigenvalue weighted by atomic mass is 10.4. The summed E-state index contributed by atoms with van der Waals surface area (Å²) < 4.78 is 3.60. The van der Waals surface area contributed by atoms with Crippen LogP contribution in [0, 0.1) is 0 Å². The molecule has 66 valence electrons. The number of carbonyl (C=O) groups excluding carboxylic acids is 1. The first-order valence-electron chi connectivity index (χ1n) is 3.48. The molecule has 0 aliphatic heterocycles. The third kappa shape index (κ3) is 1.99. The van der Waals surface area contributed by atoms with E-state index >= 15 is 0 Å². The normalized spacial score (nSPS) is 9.83. The van der Waals surface area contributed by atoms with Gasteiger partial charge >= 0.3 is 0 Å². The van der Waals surface area contributed by atoms with Crippen LogP contribution in [0.25, 0.3) is 0 Å². The molecule has 0 aliphatic rings. The fourth-order valence-electron chi connectivity index (χ4n) is 0.749. The molecule has 0 aliphatic carbocycles. The SMILES string of the molecule is CN(CCN)C(=O)c1csnn1. The molecular weight excluding hydrogens is 176 g/mol. The number of nitrogens with two attached hydrogens (primary N) is 1. The van der Waals surface area contributed by atoms with E-state index in [1.807, 2.05) is 0 Å². The molecule has 0 radical (unpaired) electrons. The van der Waals surface area contributed by atoms with Crippen LogP contribution in [0.3, 0.4) is 0 Å². The zero-order valence-corrected chi connectivity index (χ0v) is 7.54. The standard InChI is InChI=1S/C6H10N4OS/c1-10(3-2-7)6(11)5-4-12-9-8-5/h4H,2-3,7H2,1H3. The Morgan fingerprint density at radius 3 is 3.08 bits per heavy atom. The van der Waals surface area contributed by atoms with E-state index < -0.39 is 0 Å². The van der Waals surface area contributed by atoms with Crippen molar-refractivity contribution < 1.29 is 4.79 Å². The molecule has 1 aromatic heterocycles. The summed E-state index contributed by atoms with van der Waals surface area (Å²) in [5, 5.41) is 5.28. The summed E-state index contributed by atoms with van der Waals surface area (Å²) in [6.07, 6.45) is 0. The number of carbonyl (C=O) groups is 1. The molecule has 1 rings (SSSR count). The van der Waals surface area contributed by atoms with Gasteiger partial charge in [-0.1, -0.05) is 4.49 Å². The monoisotopic (exact) mass is 186 g/mol. The Morgan fingerprint density at radius 1 is 1.83 bits per heavy atom. The van der Waals surface area contributed by atoms with Crippen molar-refractivity contribution in [3.63, 3.8) is 0 Å². The molecule has 0 bridgehead atoms. The maximum atomic E-state index is 11.4. The first-order valence-corrected chi connectivity index (χ1v) is 4.32. The Hall–Kier alpha value is -1.01. The van der Waals surface area contributed by atoms with E-state index in [0.29, 0.717) is 18.8 Å². The highest BCUT2D eigenvalue weighted by Gasteiger charge is 2.12. The molecule has 12 heavy (non-hydrogen) atoms. The van der Waals surface area contributed by atoms with Gasteiger partial charge in [0.25, 0.3) is 5.91 Å². The topological polar surface area (TPSA) is 72.1 Å². The van der Waals surface area contributed by atoms with Gasteiger partial charge in [0.1, 0.15) is 0 Å². The molecule has 0 saturated carbocycles. The lowest BCUT2D eigenvalue weighted by Crippen LogP contribution is -2.31. The Bertz CT molecular complexity index is 248. The molecule has 6 heteroatoms. The summed E-state index contributed by atoms with van der Waals surface area (Å²) in [6, 6.07) is 0. The fraction of sp³-hybridized carbons (Fsp3) is 0.500. The second-order valence-electron chi connectivity index (χ2n) is 2.31. The van der Waals surface area contributed by atoms with Crippen LogP contribution in [-0.4, -0.2) is 40.5 Å². The van der Waals surface area contributed by atoms with Crippen LogP contribution in [0.4, 0.5) is 0 Å². The van der Waals surface area contributed by atoms with Crippen LogP contribution in [0.2, 0.25) is 0 Å². The third-order valence-electron chi connectivity index (χ3n) is 1.39. The number of hydrogen-bond acceptors (Lipinski definition) is 5. The number of nitrogens with zero attached hydrogens (tertiary/aromatic N) is 3.